The summed E-state index contributed by atoms with van der Waals surface area (Å²) in [6.07, 6.45) is 2.08. The topological polar surface area (TPSA) is 76.0 Å². The van der Waals surface area contributed by atoms with Crippen LogP contribution in [0.15, 0.2) is 54.7 Å². The number of nitrogens with one attached hydrogen (secondary N) is 2. The molecule has 0 aliphatic rings. The van der Waals surface area contributed by atoms with Crippen molar-refractivity contribution in [3.05, 3.63) is 77.4 Å². The molecular weight excluding hydrogens is 347 g/mol. The zero-order valence-corrected chi connectivity index (χ0v) is 15.0. The van der Waals surface area contributed by atoms with Gasteiger partial charge in [0.15, 0.2) is 0 Å². The highest BCUT2D eigenvalue weighted by Crippen LogP contribution is 2.18. The minimum absolute atomic E-state index is 0.193. The molecule has 0 saturated heterocycles. The molecule has 6 nitrogen and oxygen atoms in total. The van der Waals surface area contributed by atoms with Gasteiger partial charge < -0.3 is 10.6 Å². The van der Waals surface area contributed by atoms with Gasteiger partial charge in [-0.2, -0.15) is 5.10 Å². The molecule has 2 N–H and O–H groups in total. The monoisotopic (exact) mass is 366 g/mol. The molecule has 0 unspecified atom stereocenters. The van der Waals surface area contributed by atoms with Crippen molar-refractivity contribution in [3.63, 3.8) is 0 Å². The number of amides is 2. The van der Waals surface area contributed by atoms with Crippen molar-refractivity contribution in [1.82, 2.24) is 15.1 Å². The molecule has 27 heavy (non-hydrogen) atoms. The van der Waals surface area contributed by atoms with E-state index < -0.39 is 0 Å². The first-order valence-corrected chi connectivity index (χ1v) is 8.49. The lowest BCUT2D eigenvalue weighted by molar-refractivity contribution is 0.0962. The van der Waals surface area contributed by atoms with E-state index in [2.05, 4.69) is 15.7 Å². The van der Waals surface area contributed by atoms with Gasteiger partial charge >= 0.3 is 0 Å². The maximum atomic E-state index is 13.1. The van der Waals surface area contributed by atoms with Gasteiger partial charge in [-0.3, -0.25) is 9.59 Å². The van der Waals surface area contributed by atoms with Crippen LogP contribution in [0, 0.1) is 5.82 Å². The highest BCUT2D eigenvalue weighted by Gasteiger charge is 2.17. The molecule has 0 bridgehead atoms. The standard InChI is InChI=1S/C20H19FN4O2/c1-3-18-17(12-23-25(18)16-10-6-14(21)7-11-16)20(27)24-15-8-4-13(5-9-15)19(26)22-2/h4-12H,3H2,1-2H3,(H,22,26)(H,24,27). The van der Waals surface area contributed by atoms with Crippen molar-refractivity contribution in [1.29, 1.82) is 0 Å². The molecule has 0 spiro atoms. The first kappa shape index (κ1) is 18.3. The Kier molecular flexibility index (Phi) is 5.30. The third kappa shape index (κ3) is 3.87. The number of carbonyl (C=O) groups excluding carboxylic acids is 2. The summed E-state index contributed by atoms with van der Waals surface area (Å²) in [7, 11) is 1.56. The lowest BCUT2D eigenvalue weighted by atomic mass is 10.1. The van der Waals surface area contributed by atoms with Crippen molar-refractivity contribution >= 4 is 17.5 Å². The highest BCUT2D eigenvalue weighted by atomic mass is 19.1. The van der Waals surface area contributed by atoms with Gasteiger partial charge in [0.05, 0.1) is 23.1 Å². The minimum atomic E-state index is -0.331. The number of carbonyl (C=O) groups is 2. The van der Waals surface area contributed by atoms with E-state index in [-0.39, 0.29) is 17.6 Å². The fraction of sp³-hybridized carbons (Fsp3) is 0.150. The highest BCUT2D eigenvalue weighted by molar-refractivity contribution is 6.05. The fourth-order valence-electron chi connectivity index (χ4n) is 2.76. The average Bonchev–Trinajstić information content (AvgIpc) is 3.12. The summed E-state index contributed by atoms with van der Waals surface area (Å²) in [6.45, 7) is 1.92. The van der Waals surface area contributed by atoms with Gasteiger partial charge in [0, 0.05) is 18.3 Å². The lowest BCUT2D eigenvalue weighted by Gasteiger charge is -2.09. The Hall–Kier alpha value is -3.48. The molecule has 0 radical (unpaired) electrons. The molecule has 7 heteroatoms. The van der Waals surface area contributed by atoms with Crippen molar-refractivity contribution in [2.45, 2.75) is 13.3 Å². The normalized spacial score (nSPS) is 10.5. The molecule has 138 valence electrons. The van der Waals surface area contributed by atoms with Crippen molar-refractivity contribution in [3.8, 4) is 5.69 Å². The zero-order chi connectivity index (χ0) is 19.4. The van der Waals surface area contributed by atoms with Crippen LogP contribution in [0.2, 0.25) is 0 Å². The largest absolute Gasteiger partial charge is 0.355 e. The summed E-state index contributed by atoms with van der Waals surface area (Å²) < 4.78 is 14.8. The Morgan fingerprint density at radius 2 is 1.70 bits per heavy atom. The predicted molar refractivity (Wildman–Crippen MR) is 101 cm³/mol. The maximum absolute atomic E-state index is 13.1. The molecule has 0 aliphatic carbocycles. The number of halogens is 1. The number of aromatic nitrogens is 2. The van der Waals surface area contributed by atoms with Crippen LogP contribution in [0.25, 0.3) is 5.69 Å². The smallest absolute Gasteiger partial charge is 0.259 e. The molecule has 1 heterocycles. The van der Waals surface area contributed by atoms with Crippen LogP contribution in [0.4, 0.5) is 10.1 Å². The summed E-state index contributed by atoms with van der Waals surface area (Å²) in [6, 6.07) is 12.5. The van der Waals surface area contributed by atoms with Crippen LogP contribution < -0.4 is 10.6 Å². The number of rotatable bonds is 5. The van der Waals surface area contributed by atoms with E-state index in [0.29, 0.717) is 28.9 Å². The number of anilines is 1. The van der Waals surface area contributed by atoms with Crippen LogP contribution in [-0.2, 0) is 6.42 Å². The van der Waals surface area contributed by atoms with E-state index in [1.165, 1.54) is 18.3 Å². The Morgan fingerprint density at radius 1 is 1.04 bits per heavy atom. The summed E-state index contributed by atoms with van der Waals surface area (Å²) >= 11 is 0. The van der Waals surface area contributed by atoms with Gasteiger partial charge in [0.1, 0.15) is 5.82 Å². The molecule has 0 atom stereocenters. The molecule has 3 aromatic rings. The maximum Gasteiger partial charge on any atom is 0.259 e. The molecule has 0 fully saturated rings. The SMILES string of the molecule is CCc1c(C(=O)Nc2ccc(C(=O)NC)cc2)cnn1-c1ccc(F)cc1. The minimum Gasteiger partial charge on any atom is -0.355 e. The molecular formula is C20H19FN4O2. The Balaban J connectivity index is 1.83. The molecule has 3 rings (SSSR count). The average molecular weight is 366 g/mol. The summed E-state index contributed by atoms with van der Waals surface area (Å²) in [5, 5.41) is 9.63. The second-order valence-corrected chi connectivity index (χ2v) is 5.86. The quantitative estimate of drug-likeness (QED) is 0.728. The lowest BCUT2D eigenvalue weighted by Crippen LogP contribution is -2.18. The second kappa shape index (κ2) is 7.82. The van der Waals surface area contributed by atoms with Gasteiger partial charge in [0.2, 0.25) is 0 Å². The fourth-order valence-corrected chi connectivity index (χ4v) is 2.76. The van der Waals surface area contributed by atoms with E-state index >= 15 is 0 Å². The third-order valence-electron chi connectivity index (χ3n) is 4.15. The molecule has 2 aromatic carbocycles. The van der Waals surface area contributed by atoms with E-state index in [1.807, 2.05) is 6.92 Å². The van der Waals surface area contributed by atoms with Gasteiger partial charge in [0.25, 0.3) is 11.8 Å². The second-order valence-electron chi connectivity index (χ2n) is 5.86. The molecule has 0 aliphatic heterocycles. The summed E-state index contributed by atoms with van der Waals surface area (Å²) in [5.41, 5.74) is 2.93. The van der Waals surface area contributed by atoms with Crippen molar-refractivity contribution < 1.29 is 14.0 Å². The molecule has 0 saturated carbocycles. The van der Waals surface area contributed by atoms with Crippen LogP contribution >= 0.6 is 0 Å². The molecule has 1 aromatic heterocycles. The van der Waals surface area contributed by atoms with Gasteiger partial charge in [-0.25, -0.2) is 9.07 Å². The van der Waals surface area contributed by atoms with Gasteiger partial charge in [-0.1, -0.05) is 6.92 Å². The van der Waals surface area contributed by atoms with Crippen molar-refractivity contribution in [2.75, 3.05) is 12.4 Å². The number of benzene rings is 2. The Morgan fingerprint density at radius 3 is 2.30 bits per heavy atom. The van der Waals surface area contributed by atoms with Gasteiger partial charge in [-0.15, -0.1) is 0 Å². The van der Waals surface area contributed by atoms with Gasteiger partial charge in [-0.05, 0) is 55.0 Å². The van der Waals surface area contributed by atoms with E-state index in [1.54, 1.807) is 48.1 Å². The Bertz CT molecular complexity index is 963. The third-order valence-corrected chi connectivity index (χ3v) is 4.15. The number of hydrogen-bond acceptors (Lipinski definition) is 3. The van der Waals surface area contributed by atoms with E-state index in [9.17, 15) is 14.0 Å². The number of hydrogen-bond donors (Lipinski definition) is 2. The van der Waals surface area contributed by atoms with E-state index in [4.69, 9.17) is 0 Å². The Labute approximate surface area is 156 Å². The van der Waals surface area contributed by atoms with Crippen LogP contribution in [0.1, 0.15) is 33.3 Å². The first-order valence-electron chi connectivity index (χ1n) is 8.49. The summed E-state index contributed by atoms with van der Waals surface area (Å²) in [5.74, 6) is -0.822. The summed E-state index contributed by atoms with van der Waals surface area (Å²) in [4.78, 5) is 24.2. The van der Waals surface area contributed by atoms with Crippen molar-refractivity contribution in [2.24, 2.45) is 0 Å². The van der Waals surface area contributed by atoms with E-state index in [0.717, 1.165) is 5.69 Å². The molecule has 2 amide bonds. The predicted octanol–water partition coefficient (Wildman–Crippen LogP) is 3.19. The zero-order valence-electron chi connectivity index (χ0n) is 15.0. The first-order chi connectivity index (χ1) is 13.0. The number of nitrogens with zero attached hydrogens (tertiary/aromatic N) is 2. The van der Waals surface area contributed by atoms with Crippen LogP contribution in [0.3, 0.4) is 0 Å². The van der Waals surface area contributed by atoms with Crippen LogP contribution in [0.5, 0.6) is 0 Å². The van der Waals surface area contributed by atoms with Crippen LogP contribution in [-0.4, -0.2) is 28.6 Å².